The van der Waals surface area contributed by atoms with Crippen LogP contribution in [-0.2, 0) is 16.3 Å². The van der Waals surface area contributed by atoms with Crippen LogP contribution in [0.4, 0.5) is 0 Å². The molecule has 0 saturated carbocycles. The van der Waals surface area contributed by atoms with Gasteiger partial charge in [-0.2, -0.15) is 5.26 Å². The summed E-state index contributed by atoms with van der Waals surface area (Å²) in [6.07, 6.45) is 6.46. The maximum Gasteiger partial charge on any atom is 0.178 e. The van der Waals surface area contributed by atoms with Gasteiger partial charge in [0.15, 0.2) is 5.78 Å². The standard InChI is InChI=1S/C26H33N3O4S/c1-18-25(26(31)17-28-21-10-11-22(28)14-24(30)13-21)15-23(5-3-4-12-34(2,32)33)29(18)20-8-6-19(16-27)7-9-20/h6-9,15,21-22,24,30H,3-5,10-14,17H2,1-2H3. The van der Waals surface area contributed by atoms with Crippen molar-refractivity contribution in [2.45, 2.75) is 70.1 Å². The predicted molar refractivity (Wildman–Crippen MR) is 131 cm³/mol. The molecule has 0 aliphatic carbocycles. The van der Waals surface area contributed by atoms with Gasteiger partial charge in [-0.15, -0.1) is 0 Å². The molecule has 1 aromatic heterocycles. The molecule has 2 atom stereocenters. The number of ketones is 1. The molecule has 2 aromatic rings. The Morgan fingerprint density at radius 1 is 1.15 bits per heavy atom. The lowest BCUT2D eigenvalue weighted by molar-refractivity contribution is 0.0344. The number of aliphatic hydroxyl groups excluding tert-OH is 1. The monoisotopic (exact) mass is 483 g/mol. The normalized spacial score (nSPS) is 22.6. The fraction of sp³-hybridized carbons (Fsp3) is 0.538. The molecular weight excluding hydrogens is 450 g/mol. The molecule has 4 rings (SSSR count). The van der Waals surface area contributed by atoms with Gasteiger partial charge in [0, 0.05) is 46.7 Å². The Bertz CT molecular complexity index is 1180. The van der Waals surface area contributed by atoms with Crippen molar-refractivity contribution >= 4 is 15.6 Å². The largest absolute Gasteiger partial charge is 0.393 e. The Hall–Kier alpha value is -2.47. The number of hydrogen-bond acceptors (Lipinski definition) is 6. The van der Waals surface area contributed by atoms with E-state index in [1.165, 1.54) is 6.26 Å². The molecule has 2 unspecified atom stereocenters. The fourth-order valence-corrected chi connectivity index (χ4v) is 6.34. The van der Waals surface area contributed by atoms with E-state index in [2.05, 4.69) is 15.5 Å². The smallest absolute Gasteiger partial charge is 0.178 e. The number of Topliss-reactive ketones (excluding diaryl/α,β-unsaturated/α-hetero) is 1. The molecule has 3 heterocycles. The molecule has 7 nitrogen and oxygen atoms in total. The second-order valence-corrected chi connectivity index (χ2v) is 12.1. The van der Waals surface area contributed by atoms with Crippen LogP contribution in [0, 0.1) is 18.3 Å². The highest BCUT2D eigenvalue weighted by Gasteiger charge is 2.41. The third kappa shape index (κ3) is 5.43. The van der Waals surface area contributed by atoms with Crippen LogP contribution in [0.15, 0.2) is 30.3 Å². The molecule has 2 aliphatic heterocycles. The SMILES string of the molecule is Cc1c(C(=O)CN2C3CCC2CC(O)C3)cc(CCCCS(C)(=O)=O)n1-c1ccc(C#N)cc1. The van der Waals surface area contributed by atoms with Crippen LogP contribution in [0.2, 0.25) is 0 Å². The van der Waals surface area contributed by atoms with E-state index in [0.29, 0.717) is 36.9 Å². The number of piperidine rings is 1. The van der Waals surface area contributed by atoms with E-state index in [4.69, 9.17) is 5.26 Å². The first-order chi connectivity index (χ1) is 16.2. The zero-order valence-corrected chi connectivity index (χ0v) is 20.7. The first-order valence-corrected chi connectivity index (χ1v) is 14.1. The zero-order valence-electron chi connectivity index (χ0n) is 19.9. The first-order valence-electron chi connectivity index (χ1n) is 12.0. The molecule has 182 valence electrons. The lowest BCUT2D eigenvalue weighted by Crippen LogP contribution is -2.46. The topological polar surface area (TPSA) is 103 Å². The molecule has 2 saturated heterocycles. The maximum absolute atomic E-state index is 13.5. The molecular formula is C26H33N3O4S. The number of unbranched alkanes of at least 4 members (excludes halogenated alkanes) is 1. The van der Waals surface area contributed by atoms with Crippen LogP contribution in [0.3, 0.4) is 0 Å². The van der Waals surface area contributed by atoms with Gasteiger partial charge in [0.1, 0.15) is 9.84 Å². The van der Waals surface area contributed by atoms with Crippen LogP contribution in [0.5, 0.6) is 0 Å². The van der Waals surface area contributed by atoms with E-state index < -0.39 is 9.84 Å². The molecule has 1 aromatic carbocycles. The van der Waals surface area contributed by atoms with Crippen molar-refractivity contribution in [3.8, 4) is 11.8 Å². The fourth-order valence-electron chi connectivity index (χ4n) is 5.61. The van der Waals surface area contributed by atoms with E-state index in [1.54, 1.807) is 12.1 Å². The molecule has 8 heteroatoms. The van der Waals surface area contributed by atoms with Crippen molar-refractivity contribution in [2.24, 2.45) is 0 Å². The molecule has 2 bridgehead atoms. The highest BCUT2D eigenvalue weighted by molar-refractivity contribution is 7.90. The minimum atomic E-state index is -3.00. The molecule has 34 heavy (non-hydrogen) atoms. The minimum Gasteiger partial charge on any atom is -0.393 e. The summed E-state index contributed by atoms with van der Waals surface area (Å²) in [6.45, 7) is 2.30. The van der Waals surface area contributed by atoms with Crippen LogP contribution in [-0.4, -0.2) is 65.5 Å². The zero-order chi connectivity index (χ0) is 24.5. The number of hydrogen-bond donors (Lipinski definition) is 1. The maximum atomic E-state index is 13.5. The summed E-state index contributed by atoms with van der Waals surface area (Å²) in [4.78, 5) is 15.7. The van der Waals surface area contributed by atoms with Crippen molar-refractivity contribution in [1.82, 2.24) is 9.47 Å². The van der Waals surface area contributed by atoms with Crippen LogP contribution >= 0.6 is 0 Å². The van der Waals surface area contributed by atoms with E-state index in [-0.39, 0.29) is 29.7 Å². The van der Waals surface area contributed by atoms with E-state index in [1.807, 2.05) is 25.1 Å². The lowest BCUT2D eigenvalue weighted by Gasteiger charge is -2.36. The number of sulfone groups is 1. The number of carbonyl (C=O) groups excluding carboxylic acids is 1. The van der Waals surface area contributed by atoms with Gasteiger partial charge in [-0.3, -0.25) is 9.69 Å². The number of benzene rings is 1. The third-order valence-electron chi connectivity index (χ3n) is 7.26. The van der Waals surface area contributed by atoms with Gasteiger partial charge in [0.05, 0.1) is 24.3 Å². The average Bonchev–Trinajstić information content (AvgIpc) is 3.23. The number of aryl methyl sites for hydroxylation is 1. The van der Waals surface area contributed by atoms with Gasteiger partial charge in [-0.25, -0.2) is 8.42 Å². The summed E-state index contributed by atoms with van der Waals surface area (Å²) in [7, 11) is -3.00. The summed E-state index contributed by atoms with van der Waals surface area (Å²) in [5, 5.41) is 19.2. The van der Waals surface area contributed by atoms with Crippen LogP contribution in [0.1, 0.15) is 65.8 Å². The van der Waals surface area contributed by atoms with Gasteiger partial charge in [0.25, 0.3) is 0 Å². The van der Waals surface area contributed by atoms with Gasteiger partial charge >= 0.3 is 0 Å². The highest BCUT2D eigenvalue weighted by atomic mass is 32.2. The second kappa shape index (κ2) is 10.0. The molecule has 2 aliphatic rings. The Morgan fingerprint density at radius 2 is 1.79 bits per heavy atom. The van der Waals surface area contributed by atoms with Crippen molar-refractivity contribution in [2.75, 3.05) is 18.6 Å². The quantitative estimate of drug-likeness (QED) is 0.434. The number of nitriles is 1. The predicted octanol–water partition coefficient (Wildman–Crippen LogP) is 3.20. The Balaban J connectivity index is 1.58. The van der Waals surface area contributed by atoms with Gasteiger partial charge < -0.3 is 9.67 Å². The number of rotatable bonds is 9. The van der Waals surface area contributed by atoms with E-state index >= 15 is 0 Å². The van der Waals surface area contributed by atoms with Gasteiger partial charge in [-0.05, 0) is 82.2 Å². The van der Waals surface area contributed by atoms with Crippen molar-refractivity contribution < 1.29 is 18.3 Å². The number of aliphatic hydroxyl groups is 1. The second-order valence-electron chi connectivity index (χ2n) is 9.82. The van der Waals surface area contributed by atoms with E-state index in [0.717, 1.165) is 42.8 Å². The average molecular weight is 484 g/mol. The van der Waals surface area contributed by atoms with Crippen molar-refractivity contribution in [1.29, 1.82) is 5.26 Å². The van der Waals surface area contributed by atoms with Gasteiger partial charge in [0.2, 0.25) is 0 Å². The van der Waals surface area contributed by atoms with Crippen LogP contribution in [0.25, 0.3) is 5.69 Å². The number of carbonyl (C=O) groups is 1. The lowest BCUT2D eigenvalue weighted by atomic mass is 9.99. The van der Waals surface area contributed by atoms with E-state index in [9.17, 15) is 18.3 Å². The minimum absolute atomic E-state index is 0.0792. The number of aromatic nitrogens is 1. The molecule has 1 N–H and O–H groups in total. The summed E-state index contributed by atoms with van der Waals surface area (Å²) < 4.78 is 25.1. The van der Waals surface area contributed by atoms with Crippen LogP contribution < -0.4 is 0 Å². The Labute approximate surface area is 201 Å². The van der Waals surface area contributed by atoms with Crippen molar-refractivity contribution in [3.63, 3.8) is 0 Å². The number of nitrogens with zero attached hydrogens (tertiary/aromatic N) is 3. The molecule has 2 fully saturated rings. The van der Waals surface area contributed by atoms with Crippen molar-refractivity contribution in [3.05, 3.63) is 52.8 Å². The molecule has 0 radical (unpaired) electrons. The summed E-state index contributed by atoms with van der Waals surface area (Å²) >= 11 is 0. The van der Waals surface area contributed by atoms with Gasteiger partial charge in [-0.1, -0.05) is 0 Å². The molecule has 0 spiro atoms. The summed E-state index contributed by atoms with van der Waals surface area (Å²) in [5.41, 5.74) is 3.97. The highest BCUT2D eigenvalue weighted by Crippen LogP contribution is 2.36. The Kier molecular flexibility index (Phi) is 7.27. The third-order valence-corrected chi connectivity index (χ3v) is 8.29. The molecule has 0 amide bonds. The summed E-state index contributed by atoms with van der Waals surface area (Å²) in [5.74, 6) is 0.231. The first kappa shape index (κ1) is 24.6. The Morgan fingerprint density at radius 3 is 2.38 bits per heavy atom. The number of fused-ring (bicyclic) bond motifs is 2. The summed E-state index contributed by atoms with van der Waals surface area (Å²) in [6, 6.07) is 11.9.